The number of nitrogens with one attached hydrogen (secondary N) is 1. The first-order valence-electron chi connectivity index (χ1n) is 5.50. The van der Waals surface area contributed by atoms with E-state index in [2.05, 4.69) is 21.2 Å². The van der Waals surface area contributed by atoms with Crippen LogP contribution in [-0.4, -0.2) is 19.1 Å². The highest BCUT2D eigenvalue weighted by molar-refractivity contribution is 9.10. The summed E-state index contributed by atoms with van der Waals surface area (Å²) < 4.78 is 6.12. The molecule has 1 fully saturated rings. The summed E-state index contributed by atoms with van der Waals surface area (Å²) in [6, 6.07) is 5.31. The van der Waals surface area contributed by atoms with Gasteiger partial charge in [0.15, 0.2) is 0 Å². The lowest BCUT2D eigenvalue weighted by Crippen LogP contribution is -2.30. The van der Waals surface area contributed by atoms with E-state index < -0.39 is 0 Å². The predicted molar refractivity (Wildman–Crippen MR) is 71.3 cm³/mol. The van der Waals surface area contributed by atoms with E-state index in [4.69, 9.17) is 16.3 Å². The van der Waals surface area contributed by atoms with E-state index in [1.165, 1.54) is 0 Å². The van der Waals surface area contributed by atoms with E-state index in [1.807, 2.05) is 6.07 Å². The minimum Gasteiger partial charge on any atom is -0.381 e. The Bertz CT molecular complexity index is 419. The normalized spacial score (nSPS) is 20.0. The molecule has 1 saturated heterocycles. The van der Waals surface area contributed by atoms with Crippen LogP contribution in [0.4, 0.5) is 5.69 Å². The first-order chi connectivity index (χ1) is 8.16. The minimum absolute atomic E-state index is 0.00679. The fourth-order valence-electron chi connectivity index (χ4n) is 1.78. The molecule has 1 heterocycles. The molecule has 17 heavy (non-hydrogen) atoms. The first-order valence-corrected chi connectivity index (χ1v) is 6.67. The van der Waals surface area contributed by atoms with Crippen molar-refractivity contribution in [1.29, 1.82) is 0 Å². The standard InChI is InChI=1S/C12H13BrClNO2/c13-10-4-3-9(14)6-11(10)15-12(16)8-2-1-5-17-7-8/h3-4,6,8H,1-2,5,7H2,(H,15,16). The van der Waals surface area contributed by atoms with Crippen LogP contribution in [0.5, 0.6) is 0 Å². The smallest absolute Gasteiger partial charge is 0.229 e. The molecular formula is C12H13BrClNO2. The number of halogens is 2. The van der Waals surface area contributed by atoms with E-state index >= 15 is 0 Å². The van der Waals surface area contributed by atoms with Crippen LogP contribution in [0.1, 0.15) is 12.8 Å². The summed E-state index contributed by atoms with van der Waals surface area (Å²) in [5.74, 6) is -0.0673. The second kappa shape index (κ2) is 5.85. The summed E-state index contributed by atoms with van der Waals surface area (Å²) in [6.07, 6.45) is 1.82. The predicted octanol–water partition coefficient (Wildman–Crippen LogP) is 3.47. The molecule has 1 aliphatic rings. The van der Waals surface area contributed by atoms with Gasteiger partial charge in [0.2, 0.25) is 5.91 Å². The minimum atomic E-state index is -0.0605. The molecule has 0 aromatic heterocycles. The molecule has 0 bridgehead atoms. The lowest BCUT2D eigenvalue weighted by atomic mass is 10.0. The molecule has 1 unspecified atom stereocenters. The van der Waals surface area contributed by atoms with E-state index in [0.717, 1.165) is 23.9 Å². The fourth-order valence-corrected chi connectivity index (χ4v) is 2.29. The van der Waals surface area contributed by atoms with Crippen LogP contribution in [0.15, 0.2) is 22.7 Å². The molecule has 2 rings (SSSR count). The lowest BCUT2D eigenvalue weighted by Gasteiger charge is -2.21. The number of rotatable bonds is 2. The third kappa shape index (κ3) is 3.44. The van der Waals surface area contributed by atoms with Gasteiger partial charge >= 0.3 is 0 Å². The Morgan fingerprint density at radius 2 is 2.35 bits per heavy atom. The van der Waals surface area contributed by atoms with Crippen molar-refractivity contribution in [2.24, 2.45) is 5.92 Å². The van der Waals surface area contributed by atoms with Crippen LogP contribution in [0.2, 0.25) is 5.02 Å². The summed E-state index contributed by atoms with van der Waals surface area (Å²) in [5, 5.41) is 3.47. The molecular weight excluding hydrogens is 305 g/mol. The van der Waals surface area contributed by atoms with Gasteiger partial charge in [-0.15, -0.1) is 0 Å². The van der Waals surface area contributed by atoms with Gasteiger partial charge in [-0.1, -0.05) is 11.6 Å². The Morgan fingerprint density at radius 1 is 1.53 bits per heavy atom. The van der Waals surface area contributed by atoms with Gasteiger partial charge in [-0.3, -0.25) is 4.79 Å². The Morgan fingerprint density at radius 3 is 3.06 bits per heavy atom. The summed E-state index contributed by atoms with van der Waals surface area (Å²) >= 11 is 9.27. The van der Waals surface area contributed by atoms with Crippen LogP contribution in [0.25, 0.3) is 0 Å². The van der Waals surface area contributed by atoms with E-state index in [1.54, 1.807) is 12.1 Å². The van der Waals surface area contributed by atoms with Crippen molar-refractivity contribution in [2.45, 2.75) is 12.8 Å². The van der Waals surface area contributed by atoms with Crippen molar-refractivity contribution in [3.63, 3.8) is 0 Å². The van der Waals surface area contributed by atoms with Crippen molar-refractivity contribution in [3.05, 3.63) is 27.7 Å². The maximum absolute atomic E-state index is 12.0. The van der Waals surface area contributed by atoms with Gasteiger partial charge < -0.3 is 10.1 Å². The van der Waals surface area contributed by atoms with Gasteiger partial charge in [0.25, 0.3) is 0 Å². The molecule has 1 aromatic rings. The molecule has 92 valence electrons. The summed E-state index contributed by atoms with van der Waals surface area (Å²) in [6.45, 7) is 1.26. The van der Waals surface area contributed by atoms with Gasteiger partial charge in [0.05, 0.1) is 18.2 Å². The molecule has 1 atom stereocenters. The highest BCUT2D eigenvalue weighted by atomic mass is 79.9. The largest absolute Gasteiger partial charge is 0.381 e. The molecule has 1 N–H and O–H groups in total. The number of ether oxygens (including phenoxy) is 1. The van der Waals surface area contributed by atoms with Crippen molar-refractivity contribution >= 4 is 39.1 Å². The van der Waals surface area contributed by atoms with Gasteiger partial charge in [-0.25, -0.2) is 0 Å². The number of amides is 1. The summed E-state index contributed by atoms with van der Waals surface area (Å²) in [7, 11) is 0. The highest BCUT2D eigenvalue weighted by Gasteiger charge is 2.22. The maximum atomic E-state index is 12.0. The van der Waals surface area contributed by atoms with Crippen molar-refractivity contribution in [1.82, 2.24) is 0 Å². The topological polar surface area (TPSA) is 38.3 Å². The van der Waals surface area contributed by atoms with Crippen molar-refractivity contribution in [2.75, 3.05) is 18.5 Å². The quantitative estimate of drug-likeness (QED) is 0.907. The molecule has 0 saturated carbocycles. The molecule has 5 heteroatoms. The van der Waals surface area contributed by atoms with Gasteiger partial charge in [0, 0.05) is 16.1 Å². The molecule has 0 spiro atoms. The SMILES string of the molecule is O=C(Nc1cc(Cl)ccc1Br)C1CCCOC1. The zero-order valence-corrected chi connectivity index (χ0v) is 11.6. The van der Waals surface area contributed by atoms with E-state index in [9.17, 15) is 4.79 Å². The molecule has 1 amide bonds. The van der Waals surface area contributed by atoms with Crippen LogP contribution in [-0.2, 0) is 9.53 Å². The van der Waals surface area contributed by atoms with E-state index in [0.29, 0.717) is 17.3 Å². The van der Waals surface area contributed by atoms with E-state index in [-0.39, 0.29) is 11.8 Å². The lowest BCUT2D eigenvalue weighted by molar-refractivity contribution is -0.123. The maximum Gasteiger partial charge on any atom is 0.229 e. The van der Waals surface area contributed by atoms with Gasteiger partial charge in [-0.05, 0) is 47.0 Å². The van der Waals surface area contributed by atoms with Crippen LogP contribution >= 0.6 is 27.5 Å². The van der Waals surface area contributed by atoms with Gasteiger partial charge in [0.1, 0.15) is 0 Å². The molecule has 3 nitrogen and oxygen atoms in total. The monoisotopic (exact) mass is 317 g/mol. The second-order valence-corrected chi connectivity index (χ2v) is 5.32. The van der Waals surface area contributed by atoms with Crippen molar-refractivity contribution < 1.29 is 9.53 Å². The Kier molecular flexibility index (Phi) is 4.42. The number of hydrogen-bond acceptors (Lipinski definition) is 2. The molecule has 1 aromatic carbocycles. The summed E-state index contributed by atoms with van der Waals surface area (Å²) in [4.78, 5) is 12.0. The second-order valence-electron chi connectivity index (χ2n) is 4.03. The third-order valence-corrected chi connectivity index (χ3v) is 3.64. The zero-order valence-electron chi connectivity index (χ0n) is 9.21. The summed E-state index contributed by atoms with van der Waals surface area (Å²) in [5.41, 5.74) is 0.702. The Labute approximate surface area is 114 Å². The number of anilines is 1. The van der Waals surface area contributed by atoms with Crippen molar-refractivity contribution in [3.8, 4) is 0 Å². The first kappa shape index (κ1) is 12.9. The van der Waals surface area contributed by atoms with Crippen LogP contribution < -0.4 is 5.32 Å². The number of carbonyl (C=O) groups is 1. The Hall–Kier alpha value is -0.580. The average molecular weight is 319 g/mol. The number of carbonyl (C=O) groups excluding carboxylic acids is 1. The van der Waals surface area contributed by atoms with Gasteiger partial charge in [-0.2, -0.15) is 0 Å². The van der Waals surface area contributed by atoms with Crippen LogP contribution in [0.3, 0.4) is 0 Å². The number of benzene rings is 1. The fraction of sp³-hybridized carbons (Fsp3) is 0.417. The van der Waals surface area contributed by atoms with Crippen LogP contribution in [0, 0.1) is 5.92 Å². The highest BCUT2D eigenvalue weighted by Crippen LogP contribution is 2.27. The molecule has 0 aliphatic carbocycles. The zero-order chi connectivity index (χ0) is 12.3. The average Bonchev–Trinajstić information content (AvgIpc) is 2.35. The Balaban J connectivity index is 2.04. The number of hydrogen-bond donors (Lipinski definition) is 1. The molecule has 1 aliphatic heterocycles. The third-order valence-electron chi connectivity index (χ3n) is 2.72. The molecule has 0 radical (unpaired) electrons.